The van der Waals surface area contributed by atoms with Gasteiger partial charge in [0.1, 0.15) is 32.0 Å². The van der Waals surface area contributed by atoms with Crippen LogP contribution in [0.1, 0.15) is 106 Å². The van der Waals surface area contributed by atoms with E-state index in [1.807, 2.05) is 0 Å². The molecule has 9 heteroatoms. The predicted molar refractivity (Wildman–Crippen MR) is 324 cm³/mol. The summed E-state index contributed by atoms with van der Waals surface area (Å²) in [6.07, 6.45) is 0. The quantitative estimate of drug-likeness (QED) is 0.153. The van der Waals surface area contributed by atoms with Crippen LogP contribution in [0.15, 0.2) is 193 Å². The number of ether oxygens (including phenoxy) is 4. The molecule has 10 aliphatic rings. The number of fused-ring (bicyclic) bond motifs is 4. The minimum atomic E-state index is -2.75. The minimum Gasteiger partial charge on any atom is -0.473 e. The third-order valence-corrected chi connectivity index (χ3v) is 24.8. The first-order valence-electron chi connectivity index (χ1n) is 29.3. The lowest BCUT2D eigenvalue weighted by Gasteiger charge is -2.59. The first-order chi connectivity index (χ1) is 39.4. The zero-order chi connectivity index (χ0) is 54.2. The maximum absolute atomic E-state index is 7.24. The Hall–Kier alpha value is -8.06. The molecule has 6 bridgehead atoms. The Labute approximate surface area is 474 Å². The highest BCUT2D eigenvalue weighted by molar-refractivity contribution is 7.90. The van der Waals surface area contributed by atoms with Crippen LogP contribution in [-0.4, -0.2) is 63.4 Å². The van der Waals surface area contributed by atoms with E-state index >= 15 is 0 Å². The molecule has 0 aromatic heterocycles. The van der Waals surface area contributed by atoms with E-state index in [1.54, 1.807) is 5.30 Å². The molecular weight excluding hydrogens is 1020 g/mol. The van der Waals surface area contributed by atoms with Crippen LogP contribution in [0.5, 0.6) is 0 Å². The highest BCUT2D eigenvalue weighted by Crippen LogP contribution is 2.75. The van der Waals surface area contributed by atoms with Gasteiger partial charge in [0.25, 0.3) is 23.5 Å². The molecule has 8 aromatic carbocycles. The van der Waals surface area contributed by atoms with Crippen molar-refractivity contribution in [2.24, 2.45) is 0 Å². The van der Waals surface area contributed by atoms with Crippen LogP contribution >= 0.6 is 6.89 Å². The molecule has 10 aliphatic heterocycles. The Morgan fingerprint density at radius 2 is 0.704 bits per heavy atom. The maximum Gasteiger partial charge on any atom is 0.258 e. The second kappa shape index (κ2) is 15.9. The molecule has 7 unspecified atom stereocenters. The normalized spacial score (nSPS) is 25.0. The summed E-state index contributed by atoms with van der Waals surface area (Å²) in [4.78, 5) is 10.7. The fraction of sp³-hybridized carbons (Fsp3) is 0.264. The fourth-order valence-electron chi connectivity index (χ4n) is 16.3. The van der Waals surface area contributed by atoms with Gasteiger partial charge in [-0.2, -0.15) is 0 Å². The molecule has 0 aliphatic carbocycles. The highest BCUT2D eigenvalue weighted by Gasteiger charge is 2.71. The van der Waals surface area contributed by atoms with E-state index in [4.69, 9.17) is 18.9 Å². The molecule has 81 heavy (non-hydrogen) atoms. The standard InChI is InChI=1S/C72H63N4O4P/c1-40-69-74-58-37-78-66(74)65-73(40)57(36-77-65)53-28-45(61-49(41-20-12-8-13-21-41)32-47(71(2,3)4)33-50(61)42-22-14-9-15-23-42)30-55-59-38-79-67-68-76-60(39-80-68)56-31-46(29-54(58)64(56)81(69,63(53)55)70(76)75(59)67)62-51(43-24-16-10-17-25-43)34-48(72(5,6)7)35-52(62)44-26-18-11-19-27-44/h8-35,40,57-60,69H,36-39H2,1-7H3. The second-order valence-electron chi connectivity index (χ2n) is 26.1. The summed E-state index contributed by atoms with van der Waals surface area (Å²) >= 11 is 0. The summed E-state index contributed by atoms with van der Waals surface area (Å²) in [5, 5.41) is 3.06. The summed E-state index contributed by atoms with van der Waals surface area (Å²) in [7, 11) is 0. The molecule has 0 N–H and O–H groups in total. The average Bonchev–Trinajstić information content (AvgIpc) is 3.39. The van der Waals surface area contributed by atoms with Gasteiger partial charge in [0.15, 0.2) is 0 Å². The molecule has 1 spiro atoms. The van der Waals surface area contributed by atoms with Crippen molar-refractivity contribution in [1.29, 1.82) is 0 Å². The summed E-state index contributed by atoms with van der Waals surface area (Å²) in [5.74, 6) is 3.62. The van der Waals surface area contributed by atoms with Crippen molar-refractivity contribution < 1.29 is 18.9 Å². The molecule has 0 saturated carbocycles. The topological polar surface area (TPSA) is 49.9 Å². The van der Waals surface area contributed by atoms with E-state index in [0.717, 1.165) is 23.5 Å². The summed E-state index contributed by atoms with van der Waals surface area (Å²) < 4.78 is 28.7. The Morgan fingerprint density at radius 1 is 0.383 bits per heavy atom. The Kier molecular flexibility index (Phi) is 9.16. The molecule has 8 aromatic rings. The second-order valence-corrected chi connectivity index (χ2v) is 29.4. The monoisotopic (exact) mass is 1080 g/mol. The van der Waals surface area contributed by atoms with Gasteiger partial charge in [0.2, 0.25) is 0 Å². The predicted octanol–water partition coefficient (Wildman–Crippen LogP) is 14.9. The van der Waals surface area contributed by atoms with Crippen LogP contribution in [0, 0.1) is 0 Å². The lowest BCUT2D eigenvalue weighted by atomic mass is 9.78. The number of hydrogen-bond donors (Lipinski definition) is 0. The van der Waals surface area contributed by atoms with Gasteiger partial charge in [-0.1, -0.05) is 163 Å². The Morgan fingerprint density at radius 3 is 1.07 bits per heavy atom. The lowest BCUT2D eigenvalue weighted by molar-refractivity contribution is 0.0684. The minimum absolute atomic E-state index is 0.0268. The molecular formula is C72H63N4O4P. The van der Waals surface area contributed by atoms with E-state index in [9.17, 15) is 0 Å². The van der Waals surface area contributed by atoms with Gasteiger partial charge >= 0.3 is 0 Å². The fourth-order valence-corrected chi connectivity index (χ4v) is 22.8. The summed E-state index contributed by atoms with van der Waals surface area (Å²) in [6.45, 7) is 16.0. The van der Waals surface area contributed by atoms with Crippen LogP contribution < -0.4 is 10.6 Å². The molecule has 4 fully saturated rings. The lowest BCUT2D eigenvalue weighted by Crippen LogP contribution is -2.62. The van der Waals surface area contributed by atoms with Gasteiger partial charge in [0.05, 0.1) is 36.0 Å². The van der Waals surface area contributed by atoms with Gasteiger partial charge in [-0.15, -0.1) is 0 Å². The smallest absolute Gasteiger partial charge is 0.258 e. The number of benzene rings is 8. The molecule has 18 rings (SSSR count). The maximum atomic E-state index is 7.24. The molecule has 8 nitrogen and oxygen atoms in total. The highest BCUT2D eigenvalue weighted by atomic mass is 31.2. The van der Waals surface area contributed by atoms with Crippen molar-refractivity contribution in [3.8, 4) is 66.8 Å². The van der Waals surface area contributed by atoms with Gasteiger partial charge in [-0.3, -0.25) is 9.80 Å². The van der Waals surface area contributed by atoms with E-state index in [0.29, 0.717) is 26.4 Å². The third kappa shape index (κ3) is 5.91. The zero-order valence-electron chi connectivity index (χ0n) is 46.8. The van der Waals surface area contributed by atoms with Crippen molar-refractivity contribution >= 4 is 23.0 Å². The summed E-state index contributed by atoms with van der Waals surface area (Å²) in [6, 6.07) is 64.7. The van der Waals surface area contributed by atoms with Crippen molar-refractivity contribution in [2.45, 2.75) is 95.3 Å². The van der Waals surface area contributed by atoms with Crippen molar-refractivity contribution in [2.75, 3.05) is 26.4 Å². The third-order valence-electron chi connectivity index (χ3n) is 19.8. The van der Waals surface area contributed by atoms with Crippen LogP contribution in [0.3, 0.4) is 0 Å². The number of rotatable bonds is 6. The molecule has 400 valence electrons. The van der Waals surface area contributed by atoms with E-state index in [-0.39, 0.29) is 46.8 Å². The van der Waals surface area contributed by atoms with Crippen molar-refractivity contribution in [1.82, 2.24) is 19.6 Å². The van der Waals surface area contributed by atoms with Crippen LogP contribution in [0.25, 0.3) is 66.8 Å². The average molecular weight is 1080 g/mol. The number of hydrogen-bond acceptors (Lipinski definition) is 8. The van der Waals surface area contributed by atoms with Gasteiger partial charge in [0, 0.05) is 6.89 Å². The summed E-state index contributed by atoms with van der Waals surface area (Å²) in [5.41, 5.74) is 24.1. The largest absolute Gasteiger partial charge is 0.473 e. The first-order valence-corrected chi connectivity index (χ1v) is 31.1. The van der Waals surface area contributed by atoms with Gasteiger partial charge < -0.3 is 28.7 Å². The Bertz CT molecular complexity index is 4100. The van der Waals surface area contributed by atoms with Gasteiger partial charge in [-0.25, -0.2) is 0 Å². The number of nitrogens with zero attached hydrogens (tertiary/aromatic N) is 4. The molecule has 0 radical (unpaired) electrons. The van der Waals surface area contributed by atoms with E-state index < -0.39 is 6.89 Å². The molecule has 4 saturated heterocycles. The molecule has 7 atom stereocenters. The van der Waals surface area contributed by atoms with Gasteiger partial charge in [-0.05, 0) is 177 Å². The van der Waals surface area contributed by atoms with E-state index in [2.05, 4.69) is 238 Å². The first kappa shape index (κ1) is 46.7. The van der Waals surface area contributed by atoms with Crippen LogP contribution in [-0.2, 0) is 29.8 Å². The Balaban J connectivity index is 0.987. The molecule has 0 amide bonds. The van der Waals surface area contributed by atoms with Crippen molar-refractivity contribution in [3.05, 3.63) is 227 Å². The zero-order valence-corrected chi connectivity index (χ0v) is 47.7. The van der Waals surface area contributed by atoms with Crippen LogP contribution in [0.2, 0.25) is 0 Å². The SMILES string of the molecule is CC1C2N3C4=C5OCC(c6cc(-c7c(-c8ccccc8)cc(C(C)(C)C)cc7-c7ccccc7)cc7c6P26=C2N8C(=C9OCC(c%10cc(-c%11c(-c%12ccccc%12)cc(C(C)(C)C)cc%11-c%11ccccc%11)cc(c%106)C3CO4)N92)OCC78)N51. The molecule has 10 heterocycles. The van der Waals surface area contributed by atoms with E-state index in [1.165, 1.54) is 111 Å². The van der Waals surface area contributed by atoms with Crippen LogP contribution in [0.4, 0.5) is 0 Å². The van der Waals surface area contributed by atoms with Crippen molar-refractivity contribution in [3.63, 3.8) is 0 Å².